The van der Waals surface area contributed by atoms with Gasteiger partial charge < -0.3 is 25.0 Å². The minimum absolute atomic E-state index is 0.00712. The quantitative estimate of drug-likeness (QED) is 0.274. The van der Waals surface area contributed by atoms with E-state index < -0.39 is 0 Å². The van der Waals surface area contributed by atoms with Crippen molar-refractivity contribution < 1.29 is 14.3 Å². The van der Waals surface area contributed by atoms with Gasteiger partial charge in [-0.1, -0.05) is 13.3 Å². The molecule has 1 amide bonds. The normalized spacial score (nSPS) is 15.6. The first-order chi connectivity index (χ1) is 13.1. The van der Waals surface area contributed by atoms with E-state index in [1.807, 2.05) is 0 Å². The average molecular weight is 386 g/mol. The molecule has 158 valence electrons. The Morgan fingerprint density at radius 3 is 2.44 bits per heavy atom. The molecule has 8 heteroatoms. The Labute approximate surface area is 164 Å². The lowest BCUT2D eigenvalue weighted by Gasteiger charge is -2.26. The molecule has 27 heavy (non-hydrogen) atoms. The minimum Gasteiger partial charge on any atom is -0.381 e. The smallest absolute Gasteiger partial charge is 0.243 e. The molecule has 0 aromatic heterocycles. The summed E-state index contributed by atoms with van der Waals surface area (Å²) in [6, 6.07) is 0. The second-order valence-electron chi connectivity index (χ2n) is 6.93. The van der Waals surface area contributed by atoms with Crippen molar-refractivity contribution in [2.75, 3.05) is 79.8 Å². The van der Waals surface area contributed by atoms with Crippen LogP contribution in [0.5, 0.6) is 0 Å². The Bertz CT molecular complexity index is 412. The molecular formula is C19H39N5O3. The predicted molar refractivity (Wildman–Crippen MR) is 109 cm³/mol. The highest BCUT2D eigenvalue weighted by atomic mass is 16.5. The number of hydrogen-bond acceptors (Lipinski definition) is 5. The Kier molecular flexibility index (Phi) is 13.7. The monoisotopic (exact) mass is 385 g/mol. The number of nitrogens with one attached hydrogen (secondary N) is 2. The van der Waals surface area contributed by atoms with Gasteiger partial charge in [-0.25, -0.2) is 4.99 Å². The lowest BCUT2D eigenvalue weighted by atomic mass is 10.3. The summed E-state index contributed by atoms with van der Waals surface area (Å²) in [5.74, 6) is 0.688. The van der Waals surface area contributed by atoms with Crippen LogP contribution in [0.1, 0.15) is 32.6 Å². The Morgan fingerprint density at radius 2 is 1.78 bits per heavy atom. The number of nitrogens with zero attached hydrogens (tertiary/aromatic N) is 3. The zero-order valence-electron chi connectivity index (χ0n) is 17.5. The Hall–Kier alpha value is -1.38. The van der Waals surface area contributed by atoms with Gasteiger partial charge in [0.2, 0.25) is 5.91 Å². The highest BCUT2D eigenvalue weighted by molar-refractivity contribution is 5.84. The van der Waals surface area contributed by atoms with Gasteiger partial charge in [0.05, 0.1) is 13.2 Å². The first-order valence-electron chi connectivity index (χ1n) is 10.2. The lowest BCUT2D eigenvalue weighted by molar-refractivity contribution is -0.127. The topological polar surface area (TPSA) is 78.4 Å². The molecule has 0 spiro atoms. The van der Waals surface area contributed by atoms with Crippen molar-refractivity contribution in [3.63, 3.8) is 0 Å². The van der Waals surface area contributed by atoms with Gasteiger partial charge in [-0.05, 0) is 25.8 Å². The molecule has 0 bridgehead atoms. The highest BCUT2D eigenvalue weighted by Crippen LogP contribution is 1.97. The number of guanidine groups is 1. The van der Waals surface area contributed by atoms with Crippen LogP contribution in [0.4, 0.5) is 0 Å². The van der Waals surface area contributed by atoms with Crippen LogP contribution in [0.3, 0.4) is 0 Å². The molecule has 1 aliphatic rings. The largest absolute Gasteiger partial charge is 0.381 e. The van der Waals surface area contributed by atoms with Gasteiger partial charge in [0.15, 0.2) is 5.96 Å². The first kappa shape index (κ1) is 23.7. The minimum atomic E-state index is -0.00712. The van der Waals surface area contributed by atoms with Crippen molar-refractivity contribution in [3.05, 3.63) is 0 Å². The predicted octanol–water partition coefficient (Wildman–Crippen LogP) is 0.539. The highest BCUT2D eigenvalue weighted by Gasteiger charge is 2.09. The molecule has 1 saturated heterocycles. The van der Waals surface area contributed by atoms with Gasteiger partial charge in [-0.2, -0.15) is 0 Å². The van der Waals surface area contributed by atoms with Crippen LogP contribution in [0.25, 0.3) is 0 Å². The number of unbranched alkanes of at least 4 members (excludes halogenated alkanes) is 1. The molecule has 1 heterocycles. The standard InChI is InChI=1S/C19H39N5O3/c1-4-5-13-26-14-7-9-21-19(22-17-18(25)23(2)3)20-8-6-10-24-11-15-27-16-12-24/h4-17H2,1-3H3,(H2,20,21,22). The van der Waals surface area contributed by atoms with E-state index in [-0.39, 0.29) is 12.5 Å². The summed E-state index contributed by atoms with van der Waals surface area (Å²) in [4.78, 5) is 20.2. The first-order valence-corrected chi connectivity index (χ1v) is 10.2. The third kappa shape index (κ3) is 12.6. The fourth-order valence-electron chi connectivity index (χ4n) is 2.53. The zero-order chi connectivity index (χ0) is 19.7. The van der Waals surface area contributed by atoms with Crippen LogP contribution in [-0.2, 0) is 14.3 Å². The van der Waals surface area contributed by atoms with Gasteiger partial charge >= 0.3 is 0 Å². The molecule has 0 aromatic rings. The molecule has 0 aliphatic carbocycles. The molecule has 0 atom stereocenters. The third-order valence-electron chi connectivity index (χ3n) is 4.32. The van der Waals surface area contributed by atoms with Crippen LogP contribution in [-0.4, -0.2) is 101 Å². The van der Waals surface area contributed by atoms with Crippen LogP contribution in [0.15, 0.2) is 4.99 Å². The summed E-state index contributed by atoms with van der Waals surface area (Å²) >= 11 is 0. The van der Waals surface area contributed by atoms with E-state index in [4.69, 9.17) is 9.47 Å². The second-order valence-corrected chi connectivity index (χ2v) is 6.93. The van der Waals surface area contributed by atoms with Gasteiger partial charge in [-0.15, -0.1) is 0 Å². The van der Waals surface area contributed by atoms with Crippen LogP contribution >= 0.6 is 0 Å². The van der Waals surface area contributed by atoms with Crippen molar-refractivity contribution >= 4 is 11.9 Å². The summed E-state index contributed by atoms with van der Waals surface area (Å²) in [6.45, 7) is 10.2. The number of likely N-dealkylation sites (N-methyl/N-ethyl adjacent to an activating group) is 1. The molecule has 1 aliphatic heterocycles. The van der Waals surface area contributed by atoms with Crippen LogP contribution in [0.2, 0.25) is 0 Å². The summed E-state index contributed by atoms with van der Waals surface area (Å²) in [5.41, 5.74) is 0. The van der Waals surface area contributed by atoms with Crippen molar-refractivity contribution in [2.45, 2.75) is 32.6 Å². The maximum absolute atomic E-state index is 11.8. The molecule has 2 N–H and O–H groups in total. The zero-order valence-corrected chi connectivity index (χ0v) is 17.5. The number of aliphatic imine (C=N–C) groups is 1. The van der Waals surface area contributed by atoms with E-state index in [1.54, 1.807) is 19.0 Å². The molecule has 8 nitrogen and oxygen atoms in total. The molecule has 1 fully saturated rings. The van der Waals surface area contributed by atoms with E-state index in [1.165, 1.54) is 0 Å². The van der Waals surface area contributed by atoms with Crippen LogP contribution in [0, 0.1) is 0 Å². The van der Waals surface area contributed by atoms with Crippen molar-refractivity contribution in [1.29, 1.82) is 0 Å². The maximum atomic E-state index is 11.8. The second kappa shape index (κ2) is 15.7. The molecule has 0 unspecified atom stereocenters. The Morgan fingerprint density at radius 1 is 1.11 bits per heavy atom. The molecular weight excluding hydrogens is 346 g/mol. The number of morpholine rings is 1. The summed E-state index contributed by atoms with van der Waals surface area (Å²) in [5, 5.41) is 6.63. The molecule has 0 saturated carbocycles. The molecule has 0 aromatic carbocycles. The lowest BCUT2D eigenvalue weighted by Crippen LogP contribution is -2.41. The number of hydrogen-bond donors (Lipinski definition) is 2. The SMILES string of the molecule is CCCCOCCCNC(=NCC(=O)N(C)C)NCCCN1CCOCC1. The number of carbonyl (C=O) groups is 1. The van der Waals surface area contributed by atoms with Gasteiger partial charge in [0, 0.05) is 53.5 Å². The van der Waals surface area contributed by atoms with Gasteiger partial charge in [0.25, 0.3) is 0 Å². The van der Waals surface area contributed by atoms with Crippen molar-refractivity contribution in [2.24, 2.45) is 4.99 Å². The van der Waals surface area contributed by atoms with E-state index in [0.717, 1.165) is 84.8 Å². The van der Waals surface area contributed by atoms with Gasteiger partial charge in [-0.3, -0.25) is 9.69 Å². The van der Waals surface area contributed by atoms with E-state index >= 15 is 0 Å². The van der Waals surface area contributed by atoms with Gasteiger partial charge in [0.1, 0.15) is 6.54 Å². The number of amides is 1. The fourth-order valence-corrected chi connectivity index (χ4v) is 2.53. The summed E-state index contributed by atoms with van der Waals surface area (Å²) < 4.78 is 10.9. The number of carbonyl (C=O) groups excluding carboxylic acids is 1. The fraction of sp³-hybridized carbons (Fsp3) is 0.895. The maximum Gasteiger partial charge on any atom is 0.243 e. The third-order valence-corrected chi connectivity index (χ3v) is 4.32. The van der Waals surface area contributed by atoms with Crippen molar-refractivity contribution in [3.8, 4) is 0 Å². The summed E-state index contributed by atoms with van der Waals surface area (Å²) in [7, 11) is 3.49. The van der Waals surface area contributed by atoms with E-state index in [0.29, 0.717) is 5.96 Å². The average Bonchev–Trinajstić information content (AvgIpc) is 2.68. The molecule has 0 radical (unpaired) electrons. The van der Waals surface area contributed by atoms with E-state index in [2.05, 4.69) is 27.4 Å². The number of ether oxygens (including phenoxy) is 2. The van der Waals surface area contributed by atoms with Crippen molar-refractivity contribution in [1.82, 2.24) is 20.4 Å². The Balaban J connectivity index is 2.26. The molecule has 1 rings (SSSR count). The van der Waals surface area contributed by atoms with Crippen LogP contribution < -0.4 is 10.6 Å². The number of rotatable bonds is 13. The summed E-state index contributed by atoms with van der Waals surface area (Å²) in [6.07, 6.45) is 4.21. The van der Waals surface area contributed by atoms with E-state index in [9.17, 15) is 4.79 Å².